The van der Waals surface area contributed by atoms with E-state index in [1.807, 2.05) is 13.0 Å². The number of nitrogens with zero attached hydrogens (tertiary/aromatic N) is 1. The van der Waals surface area contributed by atoms with Gasteiger partial charge < -0.3 is 14.8 Å². The number of rotatable bonds is 5. The Morgan fingerprint density at radius 2 is 1.88 bits per heavy atom. The Balaban J connectivity index is 1.84. The van der Waals surface area contributed by atoms with E-state index in [0.717, 1.165) is 16.1 Å². The molecule has 1 N–H and O–H groups in total. The maximum atomic E-state index is 12.7. The van der Waals surface area contributed by atoms with E-state index in [-0.39, 0.29) is 6.79 Å². The van der Waals surface area contributed by atoms with Gasteiger partial charge in [0, 0.05) is 11.8 Å². The fourth-order valence-corrected chi connectivity index (χ4v) is 3.96. The summed E-state index contributed by atoms with van der Waals surface area (Å²) in [4.78, 5) is 12.7. The average molecular weight is 376 g/mol. The summed E-state index contributed by atoms with van der Waals surface area (Å²) in [5.41, 5.74) is 1.85. The maximum Gasteiger partial charge on any atom is 0.247 e. The Morgan fingerprint density at radius 3 is 2.58 bits per heavy atom. The van der Waals surface area contributed by atoms with Crippen molar-refractivity contribution in [3.8, 4) is 11.5 Å². The van der Waals surface area contributed by atoms with Crippen LogP contribution in [0.1, 0.15) is 12.5 Å². The summed E-state index contributed by atoms with van der Waals surface area (Å²) in [6.45, 7) is 3.55. The highest BCUT2D eigenvalue weighted by Crippen LogP contribution is 2.34. The van der Waals surface area contributed by atoms with E-state index in [9.17, 15) is 13.2 Å². The lowest BCUT2D eigenvalue weighted by atomic mass is 10.2. The van der Waals surface area contributed by atoms with Crippen LogP contribution in [0.3, 0.4) is 0 Å². The smallest absolute Gasteiger partial charge is 0.247 e. The molecule has 0 saturated carbocycles. The summed E-state index contributed by atoms with van der Waals surface area (Å²) in [6.07, 6.45) is 1.08. The summed E-state index contributed by atoms with van der Waals surface area (Å²) in [5, 5.41) is 2.73. The van der Waals surface area contributed by atoms with Gasteiger partial charge >= 0.3 is 0 Å². The van der Waals surface area contributed by atoms with Crippen LogP contribution >= 0.6 is 0 Å². The van der Waals surface area contributed by atoms with Gasteiger partial charge in [0.05, 0.1) is 11.9 Å². The Bertz CT molecular complexity index is 942. The highest BCUT2D eigenvalue weighted by Gasteiger charge is 2.29. The molecular weight excluding hydrogens is 356 g/mol. The number of nitrogens with one attached hydrogen (secondary N) is 1. The van der Waals surface area contributed by atoms with Gasteiger partial charge in [0.1, 0.15) is 6.04 Å². The minimum atomic E-state index is -3.65. The molecule has 1 aliphatic heterocycles. The minimum absolute atomic E-state index is 0.137. The van der Waals surface area contributed by atoms with Crippen LogP contribution < -0.4 is 19.1 Å². The van der Waals surface area contributed by atoms with Crippen LogP contribution in [-0.4, -0.2) is 33.4 Å². The summed E-state index contributed by atoms with van der Waals surface area (Å²) < 4.78 is 36.2. The lowest BCUT2D eigenvalue weighted by Gasteiger charge is -2.28. The van der Waals surface area contributed by atoms with E-state index in [0.29, 0.717) is 22.9 Å². The zero-order valence-electron chi connectivity index (χ0n) is 14.7. The van der Waals surface area contributed by atoms with E-state index in [1.54, 1.807) is 43.3 Å². The lowest BCUT2D eigenvalue weighted by Crippen LogP contribution is -2.45. The van der Waals surface area contributed by atoms with Crippen molar-refractivity contribution in [1.29, 1.82) is 0 Å². The van der Waals surface area contributed by atoms with Gasteiger partial charge in [-0.15, -0.1) is 0 Å². The largest absolute Gasteiger partial charge is 0.454 e. The minimum Gasteiger partial charge on any atom is -0.454 e. The fourth-order valence-electron chi connectivity index (χ4n) is 2.79. The lowest BCUT2D eigenvalue weighted by molar-refractivity contribution is -0.116. The highest BCUT2D eigenvalue weighted by atomic mass is 32.2. The van der Waals surface area contributed by atoms with Gasteiger partial charge in [-0.25, -0.2) is 8.42 Å². The molecule has 0 radical (unpaired) electrons. The van der Waals surface area contributed by atoms with Gasteiger partial charge in [-0.3, -0.25) is 9.10 Å². The molecule has 1 atom stereocenters. The Morgan fingerprint density at radius 1 is 1.15 bits per heavy atom. The van der Waals surface area contributed by atoms with Crippen molar-refractivity contribution in [3.63, 3.8) is 0 Å². The summed E-state index contributed by atoms with van der Waals surface area (Å²) >= 11 is 0. The molecule has 2 aromatic carbocycles. The van der Waals surface area contributed by atoms with E-state index >= 15 is 0 Å². The number of hydrogen-bond acceptors (Lipinski definition) is 5. The van der Waals surface area contributed by atoms with Crippen LogP contribution in [0.25, 0.3) is 0 Å². The molecular formula is C18H20N2O5S. The van der Waals surface area contributed by atoms with E-state index in [4.69, 9.17) is 9.47 Å². The van der Waals surface area contributed by atoms with Crippen molar-refractivity contribution in [2.75, 3.05) is 22.7 Å². The van der Waals surface area contributed by atoms with Crippen molar-refractivity contribution >= 4 is 27.3 Å². The van der Waals surface area contributed by atoms with Crippen molar-refractivity contribution in [2.24, 2.45) is 0 Å². The van der Waals surface area contributed by atoms with Crippen molar-refractivity contribution in [3.05, 3.63) is 48.0 Å². The number of sulfonamides is 1. The zero-order chi connectivity index (χ0) is 18.9. The van der Waals surface area contributed by atoms with Crippen molar-refractivity contribution < 1.29 is 22.7 Å². The number of anilines is 2. The molecule has 0 aliphatic carbocycles. The summed E-state index contributed by atoms with van der Waals surface area (Å²) in [5.74, 6) is 0.693. The third kappa shape index (κ3) is 3.75. The van der Waals surface area contributed by atoms with Crippen LogP contribution in [0.4, 0.5) is 11.4 Å². The SMILES string of the molecule is Cc1cccc(N([C@@H](C)C(=O)Nc2ccc3c(c2)OCO3)S(C)(=O)=O)c1. The van der Waals surface area contributed by atoms with E-state index in [1.165, 1.54) is 0 Å². The van der Waals surface area contributed by atoms with E-state index in [2.05, 4.69) is 5.32 Å². The van der Waals surface area contributed by atoms with Gasteiger partial charge in [0.25, 0.3) is 0 Å². The zero-order valence-corrected chi connectivity index (χ0v) is 15.5. The molecule has 0 saturated heterocycles. The first kappa shape index (κ1) is 18.1. The Kier molecular flexibility index (Phi) is 4.78. The first-order valence-corrected chi connectivity index (χ1v) is 9.87. The molecule has 0 aromatic heterocycles. The van der Waals surface area contributed by atoms with Crippen molar-refractivity contribution in [2.45, 2.75) is 19.9 Å². The maximum absolute atomic E-state index is 12.7. The normalized spacial score (nSPS) is 14.0. The third-order valence-corrected chi connectivity index (χ3v) is 5.23. The molecule has 26 heavy (non-hydrogen) atoms. The molecule has 1 aliphatic rings. The number of amides is 1. The second kappa shape index (κ2) is 6.87. The molecule has 0 unspecified atom stereocenters. The predicted molar refractivity (Wildman–Crippen MR) is 99.2 cm³/mol. The van der Waals surface area contributed by atoms with Crippen LogP contribution in [0.2, 0.25) is 0 Å². The molecule has 2 aromatic rings. The number of benzene rings is 2. The highest BCUT2D eigenvalue weighted by molar-refractivity contribution is 7.92. The number of carbonyl (C=O) groups excluding carboxylic acids is 1. The molecule has 0 fully saturated rings. The van der Waals surface area contributed by atoms with Gasteiger partial charge in [-0.05, 0) is 43.7 Å². The molecule has 3 rings (SSSR count). The first-order chi connectivity index (χ1) is 12.3. The van der Waals surface area contributed by atoms with E-state index < -0.39 is 22.0 Å². The molecule has 138 valence electrons. The number of aryl methyl sites for hydroxylation is 1. The number of fused-ring (bicyclic) bond motifs is 1. The van der Waals surface area contributed by atoms with Crippen LogP contribution in [0.15, 0.2) is 42.5 Å². The first-order valence-electron chi connectivity index (χ1n) is 8.02. The van der Waals surface area contributed by atoms with Crippen LogP contribution in [0.5, 0.6) is 11.5 Å². The van der Waals surface area contributed by atoms with Crippen molar-refractivity contribution in [1.82, 2.24) is 0 Å². The number of ether oxygens (including phenoxy) is 2. The molecule has 8 heteroatoms. The van der Waals surface area contributed by atoms with Gasteiger partial charge in [0.15, 0.2) is 11.5 Å². The monoisotopic (exact) mass is 376 g/mol. The summed E-state index contributed by atoms with van der Waals surface area (Å²) in [6, 6.07) is 11.1. The second-order valence-electron chi connectivity index (χ2n) is 6.13. The molecule has 1 heterocycles. The standard InChI is InChI=1S/C18H20N2O5S/c1-12-5-4-6-15(9-12)20(26(3,22)23)13(2)18(21)19-14-7-8-16-17(10-14)25-11-24-16/h4-10,13H,11H2,1-3H3,(H,19,21)/t13-/m0/s1. The molecule has 7 nitrogen and oxygen atoms in total. The van der Waals surface area contributed by atoms with Crippen LogP contribution in [-0.2, 0) is 14.8 Å². The van der Waals surface area contributed by atoms with Gasteiger partial charge in [0.2, 0.25) is 22.7 Å². The Labute approximate surface area is 152 Å². The molecule has 1 amide bonds. The second-order valence-corrected chi connectivity index (χ2v) is 7.99. The fraction of sp³-hybridized carbons (Fsp3) is 0.278. The van der Waals surface area contributed by atoms with Crippen LogP contribution in [0, 0.1) is 6.92 Å². The third-order valence-electron chi connectivity index (χ3n) is 3.98. The molecule has 0 bridgehead atoms. The quantitative estimate of drug-likeness (QED) is 0.867. The number of carbonyl (C=O) groups is 1. The van der Waals surface area contributed by atoms with Gasteiger partial charge in [-0.2, -0.15) is 0 Å². The molecule has 0 spiro atoms. The topological polar surface area (TPSA) is 84.9 Å². The van der Waals surface area contributed by atoms with Gasteiger partial charge in [-0.1, -0.05) is 12.1 Å². The Hall–Kier alpha value is -2.74. The average Bonchev–Trinajstić information content (AvgIpc) is 3.01. The predicted octanol–water partition coefficient (Wildman–Crippen LogP) is 2.52. The number of hydrogen-bond donors (Lipinski definition) is 1. The summed E-state index contributed by atoms with van der Waals surface area (Å²) in [7, 11) is -3.65.